The van der Waals surface area contributed by atoms with E-state index >= 15 is 0 Å². The number of amides is 1. The van der Waals surface area contributed by atoms with Crippen molar-refractivity contribution in [3.8, 4) is 17.2 Å². The Labute approximate surface area is 149 Å². The van der Waals surface area contributed by atoms with Gasteiger partial charge in [0, 0.05) is 6.07 Å². The molecule has 3 rings (SSSR count). The zero-order chi connectivity index (χ0) is 18.4. The molecule has 0 spiro atoms. The van der Waals surface area contributed by atoms with Crippen LogP contribution in [-0.4, -0.2) is 12.5 Å². The maximum absolute atomic E-state index is 13.5. The Morgan fingerprint density at radius 2 is 1.50 bits per heavy atom. The molecule has 0 bridgehead atoms. The van der Waals surface area contributed by atoms with Crippen LogP contribution in [0.3, 0.4) is 0 Å². The Kier molecular flexibility index (Phi) is 5.43. The first-order valence-electron chi connectivity index (χ1n) is 7.81. The van der Waals surface area contributed by atoms with Crippen molar-refractivity contribution in [3.63, 3.8) is 0 Å². The van der Waals surface area contributed by atoms with Crippen molar-refractivity contribution in [2.75, 3.05) is 11.9 Å². The summed E-state index contributed by atoms with van der Waals surface area (Å²) in [6, 6.07) is 18.9. The number of rotatable bonds is 6. The van der Waals surface area contributed by atoms with Crippen LogP contribution in [0.1, 0.15) is 0 Å². The number of ether oxygens (including phenoxy) is 2. The molecule has 3 aromatic rings. The van der Waals surface area contributed by atoms with Gasteiger partial charge < -0.3 is 14.8 Å². The zero-order valence-electron chi connectivity index (χ0n) is 13.6. The average Bonchev–Trinajstić information content (AvgIpc) is 2.64. The summed E-state index contributed by atoms with van der Waals surface area (Å²) in [5.41, 5.74) is -0.105. The van der Waals surface area contributed by atoms with Crippen LogP contribution in [0.4, 0.5) is 14.5 Å². The average molecular weight is 355 g/mol. The molecule has 0 aromatic heterocycles. The molecule has 1 N–H and O–H groups in total. The smallest absolute Gasteiger partial charge is 0.262 e. The van der Waals surface area contributed by atoms with Gasteiger partial charge in [-0.15, -0.1) is 0 Å². The van der Waals surface area contributed by atoms with E-state index in [2.05, 4.69) is 5.32 Å². The molecule has 6 heteroatoms. The van der Waals surface area contributed by atoms with Crippen molar-refractivity contribution in [1.82, 2.24) is 0 Å². The highest BCUT2D eigenvalue weighted by atomic mass is 19.1. The minimum Gasteiger partial charge on any atom is -0.484 e. The van der Waals surface area contributed by atoms with Crippen molar-refractivity contribution in [3.05, 3.63) is 84.4 Å². The standard InChI is InChI=1S/C20H15F2NO3/c21-14-6-11-19(18(22)12-14)23-20(24)13-25-15-7-9-17(10-8-15)26-16-4-2-1-3-5-16/h1-12H,13H2,(H,23,24). The summed E-state index contributed by atoms with van der Waals surface area (Å²) in [4.78, 5) is 11.8. The van der Waals surface area contributed by atoms with Gasteiger partial charge in [-0.1, -0.05) is 18.2 Å². The number of hydrogen-bond donors (Lipinski definition) is 1. The highest BCUT2D eigenvalue weighted by Gasteiger charge is 2.09. The molecule has 0 aliphatic carbocycles. The molecule has 0 unspecified atom stereocenters. The molecule has 0 saturated heterocycles. The summed E-state index contributed by atoms with van der Waals surface area (Å²) >= 11 is 0. The lowest BCUT2D eigenvalue weighted by Gasteiger charge is -2.09. The van der Waals surface area contributed by atoms with Crippen LogP contribution in [0.15, 0.2) is 72.8 Å². The number of carbonyl (C=O) groups excluding carboxylic acids is 1. The Morgan fingerprint density at radius 3 is 2.19 bits per heavy atom. The molecule has 0 fully saturated rings. The highest BCUT2D eigenvalue weighted by molar-refractivity contribution is 5.91. The summed E-state index contributed by atoms with van der Waals surface area (Å²) in [6.07, 6.45) is 0. The van der Waals surface area contributed by atoms with Crippen molar-refractivity contribution in [2.45, 2.75) is 0 Å². The van der Waals surface area contributed by atoms with E-state index in [9.17, 15) is 13.6 Å². The van der Waals surface area contributed by atoms with Crippen LogP contribution in [-0.2, 0) is 4.79 Å². The van der Waals surface area contributed by atoms with E-state index < -0.39 is 17.5 Å². The predicted molar refractivity (Wildman–Crippen MR) is 93.4 cm³/mol. The molecular weight excluding hydrogens is 340 g/mol. The van der Waals surface area contributed by atoms with Gasteiger partial charge in [-0.05, 0) is 48.5 Å². The molecule has 0 aliphatic heterocycles. The summed E-state index contributed by atoms with van der Waals surface area (Å²) in [6.45, 7) is -0.310. The largest absolute Gasteiger partial charge is 0.484 e. The van der Waals surface area contributed by atoms with Crippen LogP contribution in [0.2, 0.25) is 0 Å². The first-order chi connectivity index (χ1) is 12.6. The van der Waals surface area contributed by atoms with Gasteiger partial charge in [0.2, 0.25) is 0 Å². The molecule has 132 valence electrons. The van der Waals surface area contributed by atoms with Crippen molar-refractivity contribution in [1.29, 1.82) is 0 Å². The van der Waals surface area contributed by atoms with Crippen molar-refractivity contribution < 1.29 is 23.0 Å². The van der Waals surface area contributed by atoms with Crippen molar-refractivity contribution >= 4 is 11.6 Å². The van der Waals surface area contributed by atoms with E-state index in [0.717, 1.165) is 12.1 Å². The normalized spacial score (nSPS) is 10.2. The monoisotopic (exact) mass is 355 g/mol. The van der Waals surface area contributed by atoms with Gasteiger partial charge in [-0.3, -0.25) is 4.79 Å². The fourth-order valence-corrected chi connectivity index (χ4v) is 2.15. The zero-order valence-corrected chi connectivity index (χ0v) is 13.6. The number of nitrogens with one attached hydrogen (secondary N) is 1. The quantitative estimate of drug-likeness (QED) is 0.693. The molecule has 4 nitrogen and oxygen atoms in total. The van der Waals surface area contributed by atoms with E-state index in [0.29, 0.717) is 23.3 Å². The first kappa shape index (κ1) is 17.4. The van der Waals surface area contributed by atoms with Crippen LogP contribution < -0.4 is 14.8 Å². The van der Waals surface area contributed by atoms with E-state index in [4.69, 9.17) is 9.47 Å². The Hall–Kier alpha value is -3.41. The molecule has 0 radical (unpaired) electrons. The second-order valence-electron chi connectivity index (χ2n) is 5.35. The van der Waals surface area contributed by atoms with Gasteiger partial charge in [-0.2, -0.15) is 0 Å². The van der Waals surface area contributed by atoms with Gasteiger partial charge in [-0.25, -0.2) is 8.78 Å². The minimum absolute atomic E-state index is 0.105. The molecule has 3 aromatic carbocycles. The molecular formula is C20H15F2NO3. The second kappa shape index (κ2) is 8.11. The third kappa shape index (κ3) is 4.80. The van der Waals surface area contributed by atoms with Gasteiger partial charge in [0.05, 0.1) is 5.69 Å². The SMILES string of the molecule is O=C(COc1ccc(Oc2ccccc2)cc1)Nc1ccc(F)cc1F. The third-order valence-electron chi connectivity index (χ3n) is 3.38. The number of carbonyl (C=O) groups is 1. The Balaban J connectivity index is 1.52. The number of para-hydroxylation sites is 1. The number of hydrogen-bond acceptors (Lipinski definition) is 3. The molecule has 1 amide bonds. The van der Waals surface area contributed by atoms with Gasteiger partial charge in [0.25, 0.3) is 5.91 Å². The highest BCUT2D eigenvalue weighted by Crippen LogP contribution is 2.23. The molecule has 0 heterocycles. The van der Waals surface area contributed by atoms with E-state index in [-0.39, 0.29) is 12.3 Å². The van der Waals surface area contributed by atoms with Gasteiger partial charge in [0.1, 0.15) is 28.9 Å². The van der Waals surface area contributed by atoms with Crippen LogP contribution in [0, 0.1) is 11.6 Å². The fourth-order valence-electron chi connectivity index (χ4n) is 2.15. The molecule has 0 aliphatic rings. The lowest BCUT2D eigenvalue weighted by molar-refractivity contribution is -0.118. The van der Waals surface area contributed by atoms with Crippen LogP contribution in [0.25, 0.3) is 0 Å². The molecule has 26 heavy (non-hydrogen) atoms. The van der Waals surface area contributed by atoms with Crippen molar-refractivity contribution in [2.24, 2.45) is 0 Å². The van der Waals surface area contributed by atoms with Gasteiger partial charge in [0.15, 0.2) is 6.61 Å². The van der Waals surface area contributed by atoms with Crippen LogP contribution in [0.5, 0.6) is 17.2 Å². The van der Waals surface area contributed by atoms with E-state index in [1.165, 1.54) is 0 Å². The summed E-state index contributed by atoms with van der Waals surface area (Å²) in [7, 11) is 0. The molecule has 0 atom stereocenters. The Morgan fingerprint density at radius 1 is 0.846 bits per heavy atom. The van der Waals surface area contributed by atoms with Crippen LogP contribution >= 0.6 is 0 Å². The first-order valence-corrected chi connectivity index (χ1v) is 7.81. The van der Waals surface area contributed by atoms with E-state index in [1.807, 2.05) is 30.3 Å². The maximum atomic E-state index is 13.5. The summed E-state index contributed by atoms with van der Waals surface area (Å²) < 4.78 is 37.3. The minimum atomic E-state index is -0.847. The maximum Gasteiger partial charge on any atom is 0.262 e. The number of benzene rings is 3. The number of halogens is 2. The fraction of sp³-hybridized carbons (Fsp3) is 0.0500. The molecule has 0 saturated carbocycles. The summed E-state index contributed by atoms with van der Waals surface area (Å²) in [5.74, 6) is -0.321. The van der Waals surface area contributed by atoms with E-state index in [1.54, 1.807) is 24.3 Å². The lowest BCUT2D eigenvalue weighted by atomic mass is 10.3. The summed E-state index contributed by atoms with van der Waals surface area (Å²) in [5, 5.41) is 2.32. The Bertz CT molecular complexity index is 883. The lowest BCUT2D eigenvalue weighted by Crippen LogP contribution is -2.20. The predicted octanol–water partition coefficient (Wildman–Crippen LogP) is 4.77. The van der Waals surface area contributed by atoms with Gasteiger partial charge >= 0.3 is 0 Å². The third-order valence-corrected chi connectivity index (χ3v) is 3.38. The second-order valence-corrected chi connectivity index (χ2v) is 5.35. The topological polar surface area (TPSA) is 47.6 Å². The number of anilines is 1.